The molecule has 0 unspecified atom stereocenters. The van der Waals surface area contributed by atoms with Crippen molar-refractivity contribution in [2.45, 2.75) is 12.7 Å². The Bertz CT molecular complexity index is 716. The zero-order chi connectivity index (χ0) is 19.5. The monoisotopic (exact) mass is 369 g/mol. The van der Waals surface area contributed by atoms with Crippen LogP contribution in [0.5, 0.6) is 0 Å². The predicted octanol–water partition coefficient (Wildman–Crippen LogP) is 1.22. The normalized spacial score (nSPS) is 19.9. The average Bonchev–Trinajstić information content (AvgIpc) is 3.05. The largest absolute Gasteiger partial charge is 0.394 e. The lowest BCUT2D eigenvalue weighted by Gasteiger charge is -2.18. The third-order valence-corrected chi connectivity index (χ3v) is 4.25. The molecule has 6 nitrogen and oxygen atoms in total. The number of nitrogens with zero attached hydrogens (tertiary/aromatic N) is 1. The van der Waals surface area contributed by atoms with E-state index in [0.717, 1.165) is 11.0 Å². The van der Waals surface area contributed by atoms with Gasteiger partial charge in [-0.05, 0) is 23.8 Å². The topological polar surface area (TPSA) is 92.5 Å². The van der Waals surface area contributed by atoms with Crippen LogP contribution in [0.3, 0.4) is 0 Å². The van der Waals surface area contributed by atoms with E-state index < -0.39 is 36.4 Å². The van der Waals surface area contributed by atoms with E-state index in [4.69, 9.17) is 5.73 Å². The van der Waals surface area contributed by atoms with Gasteiger partial charge < -0.3 is 16.0 Å². The Kier molecular flexibility index (Phi) is 5.69. The van der Waals surface area contributed by atoms with E-state index in [0.29, 0.717) is 5.56 Å². The summed E-state index contributed by atoms with van der Waals surface area (Å²) in [5.41, 5.74) is 5.96. The molecule has 1 saturated heterocycles. The molecule has 140 valence electrons. The van der Waals surface area contributed by atoms with Gasteiger partial charge in [-0.2, -0.15) is 13.2 Å². The quantitative estimate of drug-likeness (QED) is 0.765. The van der Waals surface area contributed by atoms with Gasteiger partial charge in [0.15, 0.2) is 0 Å². The van der Waals surface area contributed by atoms with Crippen molar-refractivity contribution in [3.05, 3.63) is 48.0 Å². The minimum atomic E-state index is -4.61. The minimum Gasteiger partial charge on any atom is -0.369 e. The molecule has 3 N–H and O–H groups in total. The summed E-state index contributed by atoms with van der Waals surface area (Å²) in [5, 5.41) is 2.56. The van der Waals surface area contributed by atoms with Crippen LogP contribution in [-0.4, -0.2) is 41.9 Å². The molecular weight excluding hydrogens is 351 g/mol. The van der Waals surface area contributed by atoms with Crippen LogP contribution >= 0.6 is 0 Å². The molecule has 0 bridgehead atoms. The van der Waals surface area contributed by atoms with Gasteiger partial charge in [-0.3, -0.25) is 14.4 Å². The Hall–Kier alpha value is -2.84. The zero-order valence-corrected chi connectivity index (χ0v) is 13.8. The Labute approximate surface area is 147 Å². The van der Waals surface area contributed by atoms with Gasteiger partial charge in [-0.15, -0.1) is 0 Å². The zero-order valence-electron chi connectivity index (χ0n) is 13.8. The number of likely N-dealkylation sites (tertiary alicyclic amines) is 1. The molecule has 9 heteroatoms. The van der Waals surface area contributed by atoms with Crippen molar-refractivity contribution in [3.8, 4) is 0 Å². The summed E-state index contributed by atoms with van der Waals surface area (Å²) < 4.78 is 39.2. The van der Waals surface area contributed by atoms with Crippen molar-refractivity contribution in [1.29, 1.82) is 0 Å². The van der Waals surface area contributed by atoms with Gasteiger partial charge in [0.2, 0.25) is 11.8 Å². The summed E-state index contributed by atoms with van der Waals surface area (Å²) in [6, 6.07) is 6.08. The summed E-state index contributed by atoms with van der Waals surface area (Å²) in [4.78, 5) is 35.8. The molecule has 26 heavy (non-hydrogen) atoms. The van der Waals surface area contributed by atoms with Gasteiger partial charge in [-0.1, -0.05) is 18.7 Å². The van der Waals surface area contributed by atoms with Crippen LogP contribution in [0.4, 0.5) is 13.2 Å². The van der Waals surface area contributed by atoms with Crippen LogP contribution < -0.4 is 11.1 Å². The fraction of sp³-hybridized carbons (Fsp3) is 0.353. The number of nitrogens with one attached hydrogen (secondary N) is 1. The Morgan fingerprint density at radius 1 is 1.23 bits per heavy atom. The van der Waals surface area contributed by atoms with Crippen LogP contribution in [0.15, 0.2) is 36.9 Å². The standard InChI is InChI=1S/C17H18F3N3O3/c1-2-14(24)22-7-10-3-5-11(6-4-10)16(26)23-8-12(15(21)25)13(9-23)17(18,19)20/h2-6,12-13H,1,7-9H2,(H2,21,25)(H,22,24)/t12-,13-/m1/s1. The highest BCUT2D eigenvalue weighted by atomic mass is 19.4. The summed E-state index contributed by atoms with van der Waals surface area (Å²) >= 11 is 0. The van der Waals surface area contributed by atoms with Crippen LogP contribution in [0.1, 0.15) is 15.9 Å². The van der Waals surface area contributed by atoms with Crippen LogP contribution in [0.2, 0.25) is 0 Å². The van der Waals surface area contributed by atoms with Crippen LogP contribution in [0, 0.1) is 11.8 Å². The van der Waals surface area contributed by atoms with Gasteiger partial charge >= 0.3 is 6.18 Å². The van der Waals surface area contributed by atoms with Gasteiger partial charge in [0.05, 0.1) is 11.8 Å². The van der Waals surface area contributed by atoms with E-state index in [2.05, 4.69) is 11.9 Å². The Morgan fingerprint density at radius 3 is 2.31 bits per heavy atom. The molecular formula is C17H18F3N3O3. The highest BCUT2D eigenvalue weighted by Crippen LogP contribution is 2.37. The first-order valence-electron chi connectivity index (χ1n) is 7.78. The second kappa shape index (κ2) is 7.59. The van der Waals surface area contributed by atoms with E-state index in [9.17, 15) is 27.6 Å². The fourth-order valence-corrected chi connectivity index (χ4v) is 2.80. The summed E-state index contributed by atoms with van der Waals surface area (Å²) in [7, 11) is 0. The molecule has 3 amide bonds. The lowest BCUT2D eigenvalue weighted by atomic mass is 9.95. The minimum absolute atomic E-state index is 0.190. The molecule has 1 aliphatic heterocycles. The number of amides is 3. The third kappa shape index (κ3) is 4.41. The van der Waals surface area contributed by atoms with Crippen molar-refractivity contribution < 1.29 is 27.6 Å². The lowest BCUT2D eigenvalue weighted by molar-refractivity contribution is -0.182. The van der Waals surface area contributed by atoms with Gasteiger partial charge in [0, 0.05) is 25.2 Å². The number of rotatable bonds is 5. The number of alkyl halides is 3. The molecule has 1 aromatic rings. The predicted molar refractivity (Wildman–Crippen MR) is 86.6 cm³/mol. The second-order valence-electron chi connectivity index (χ2n) is 5.99. The number of benzene rings is 1. The summed E-state index contributed by atoms with van der Waals surface area (Å²) in [5.74, 6) is -5.44. The van der Waals surface area contributed by atoms with E-state index in [1.54, 1.807) is 12.1 Å². The average molecular weight is 369 g/mol. The van der Waals surface area contributed by atoms with E-state index >= 15 is 0 Å². The molecule has 1 aromatic carbocycles. The fourth-order valence-electron chi connectivity index (χ4n) is 2.80. The number of carbonyl (C=O) groups excluding carboxylic acids is 3. The van der Waals surface area contributed by atoms with E-state index in [1.807, 2.05) is 0 Å². The number of primary amides is 1. The molecule has 2 atom stereocenters. The number of nitrogens with two attached hydrogens (primary N) is 1. The van der Waals surface area contributed by atoms with Crippen molar-refractivity contribution in [3.63, 3.8) is 0 Å². The van der Waals surface area contributed by atoms with Crippen molar-refractivity contribution in [2.24, 2.45) is 17.6 Å². The maximum absolute atomic E-state index is 13.1. The lowest BCUT2D eigenvalue weighted by Crippen LogP contribution is -2.37. The van der Waals surface area contributed by atoms with Gasteiger partial charge in [-0.25, -0.2) is 0 Å². The van der Waals surface area contributed by atoms with Crippen LogP contribution in [-0.2, 0) is 16.1 Å². The smallest absolute Gasteiger partial charge is 0.369 e. The second-order valence-corrected chi connectivity index (χ2v) is 5.99. The molecule has 2 rings (SSSR count). The first-order valence-corrected chi connectivity index (χ1v) is 7.78. The number of carbonyl (C=O) groups is 3. The van der Waals surface area contributed by atoms with Gasteiger partial charge in [0.25, 0.3) is 5.91 Å². The summed E-state index contributed by atoms with van der Waals surface area (Å²) in [6.45, 7) is 2.58. The van der Waals surface area contributed by atoms with Crippen molar-refractivity contribution in [2.75, 3.05) is 13.1 Å². The molecule has 0 aromatic heterocycles. The summed E-state index contributed by atoms with van der Waals surface area (Å²) in [6.07, 6.45) is -3.49. The number of hydrogen-bond donors (Lipinski definition) is 2. The highest BCUT2D eigenvalue weighted by molar-refractivity contribution is 5.95. The first-order chi connectivity index (χ1) is 12.1. The van der Waals surface area contributed by atoms with Crippen molar-refractivity contribution in [1.82, 2.24) is 10.2 Å². The molecule has 0 aliphatic carbocycles. The molecule has 0 saturated carbocycles. The first kappa shape index (κ1) is 19.5. The Morgan fingerprint density at radius 2 is 1.85 bits per heavy atom. The number of halogens is 3. The third-order valence-electron chi connectivity index (χ3n) is 4.25. The van der Waals surface area contributed by atoms with Crippen LogP contribution in [0.25, 0.3) is 0 Å². The molecule has 0 spiro atoms. The van der Waals surface area contributed by atoms with Gasteiger partial charge in [0.1, 0.15) is 0 Å². The number of hydrogen-bond acceptors (Lipinski definition) is 3. The molecule has 1 aliphatic rings. The molecule has 1 fully saturated rings. The van der Waals surface area contributed by atoms with E-state index in [1.165, 1.54) is 12.1 Å². The molecule has 1 heterocycles. The maximum Gasteiger partial charge on any atom is 0.394 e. The molecule has 0 radical (unpaired) electrons. The van der Waals surface area contributed by atoms with E-state index in [-0.39, 0.29) is 24.6 Å². The SMILES string of the molecule is C=CC(=O)NCc1ccc(C(=O)N2C[C@@H](C(F)(F)F)[C@H](C(N)=O)C2)cc1. The highest BCUT2D eigenvalue weighted by Gasteiger charge is 2.52. The Balaban J connectivity index is 2.08. The van der Waals surface area contributed by atoms with Crippen molar-refractivity contribution >= 4 is 17.7 Å². The maximum atomic E-state index is 13.1.